The van der Waals surface area contributed by atoms with E-state index in [2.05, 4.69) is 14.9 Å². The van der Waals surface area contributed by atoms with Crippen LogP contribution in [0.15, 0.2) is 42.9 Å². The monoisotopic (exact) mass is 518 g/mol. The number of β-amino-alcohol motifs (C(OH)–C–C–N with tert-alkyl or cyclic N) is 1. The number of carbonyl (C=O) groups excluding carboxylic acids is 1. The molecule has 2 aliphatic rings. The quantitative estimate of drug-likeness (QED) is 0.515. The lowest BCUT2D eigenvalue weighted by molar-refractivity contribution is -0.137. The summed E-state index contributed by atoms with van der Waals surface area (Å²) in [6, 6.07) is 6.80. The minimum Gasteiger partial charge on any atom is -0.391 e. The third kappa shape index (κ3) is 5.41. The van der Waals surface area contributed by atoms with Crippen LogP contribution in [-0.4, -0.2) is 75.9 Å². The number of likely N-dealkylation sites (tertiary alicyclic amines) is 1. The Kier molecular flexibility index (Phi) is 7.06. The summed E-state index contributed by atoms with van der Waals surface area (Å²) < 4.78 is 46.8. The third-order valence-corrected chi connectivity index (χ3v) is 7.17. The molecule has 12 heteroatoms. The Morgan fingerprint density at radius 3 is 2.65 bits per heavy atom. The molecule has 5 rings (SSSR count). The molecule has 0 aliphatic carbocycles. The normalized spacial score (nSPS) is 23.5. The molecule has 1 amide bonds. The number of aliphatic hydroxyl groups excluding tert-OH is 1. The first-order valence-corrected chi connectivity index (χ1v) is 12.2. The van der Waals surface area contributed by atoms with Gasteiger partial charge in [-0.15, -0.1) is 0 Å². The second kappa shape index (κ2) is 10.3. The van der Waals surface area contributed by atoms with Gasteiger partial charge in [-0.3, -0.25) is 9.69 Å². The summed E-state index contributed by atoms with van der Waals surface area (Å²) in [4.78, 5) is 24.2. The number of amides is 1. The molecule has 0 spiro atoms. The Morgan fingerprint density at radius 1 is 1.16 bits per heavy atom. The lowest BCUT2D eigenvalue weighted by Gasteiger charge is -2.37. The van der Waals surface area contributed by atoms with Gasteiger partial charge in [0.05, 0.1) is 42.9 Å². The molecule has 2 unspecified atom stereocenters. The Balaban J connectivity index is 1.37. The number of aromatic nitrogens is 3. The number of morpholine rings is 1. The highest BCUT2D eigenvalue weighted by molar-refractivity contribution is 5.88. The largest absolute Gasteiger partial charge is 0.416 e. The van der Waals surface area contributed by atoms with Crippen molar-refractivity contribution in [3.63, 3.8) is 0 Å². The zero-order valence-electron chi connectivity index (χ0n) is 20.1. The van der Waals surface area contributed by atoms with Crippen LogP contribution in [0.5, 0.6) is 0 Å². The molecule has 2 fully saturated rings. The fourth-order valence-corrected chi connectivity index (χ4v) is 5.27. The van der Waals surface area contributed by atoms with E-state index in [1.807, 2.05) is 21.7 Å². The maximum Gasteiger partial charge on any atom is 0.416 e. The lowest BCUT2D eigenvalue weighted by Crippen LogP contribution is -2.47. The number of ether oxygens (including phenoxy) is 1. The van der Waals surface area contributed by atoms with Gasteiger partial charge >= 0.3 is 6.18 Å². The number of anilines is 1. The predicted molar refractivity (Wildman–Crippen MR) is 130 cm³/mol. The van der Waals surface area contributed by atoms with E-state index in [9.17, 15) is 23.1 Å². The van der Waals surface area contributed by atoms with Crippen molar-refractivity contribution in [2.45, 2.75) is 31.3 Å². The molecule has 2 saturated heterocycles. The van der Waals surface area contributed by atoms with Crippen LogP contribution in [0.25, 0.3) is 11.0 Å². The highest BCUT2D eigenvalue weighted by atomic mass is 19.4. The van der Waals surface area contributed by atoms with Gasteiger partial charge in [-0.2, -0.15) is 13.2 Å². The SMILES string of the molecule is NC(=O)CN1CCC(Cn2ccc3c(N4CCOCC4c4ccc(C(F)(F)F)cc4)ncnc32)[C@@H](O)C1. The minimum atomic E-state index is -4.39. The van der Waals surface area contributed by atoms with E-state index in [-0.39, 0.29) is 18.5 Å². The maximum atomic E-state index is 13.1. The summed E-state index contributed by atoms with van der Waals surface area (Å²) in [5, 5.41) is 11.5. The fourth-order valence-electron chi connectivity index (χ4n) is 5.27. The number of halogens is 3. The number of nitrogens with zero attached hydrogens (tertiary/aromatic N) is 5. The highest BCUT2D eigenvalue weighted by Crippen LogP contribution is 2.35. The second-order valence-electron chi connectivity index (χ2n) is 9.62. The van der Waals surface area contributed by atoms with Crippen LogP contribution in [0.3, 0.4) is 0 Å². The molecule has 198 valence electrons. The molecule has 0 saturated carbocycles. The van der Waals surface area contributed by atoms with Gasteiger partial charge in [0.2, 0.25) is 5.91 Å². The van der Waals surface area contributed by atoms with E-state index in [1.54, 1.807) is 0 Å². The Morgan fingerprint density at radius 2 is 1.95 bits per heavy atom. The van der Waals surface area contributed by atoms with Gasteiger partial charge in [0.15, 0.2) is 0 Å². The first-order valence-electron chi connectivity index (χ1n) is 12.2. The van der Waals surface area contributed by atoms with Crippen LogP contribution in [0.2, 0.25) is 0 Å². The first-order chi connectivity index (χ1) is 17.7. The number of aliphatic hydroxyl groups is 1. The lowest BCUT2D eigenvalue weighted by atomic mass is 9.93. The zero-order valence-corrected chi connectivity index (χ0v) is 20.1. The average Bonchev–Trinajstić information content (AvgIpc) is 3.28. The number of rotatable bonds is 6. The van der Waals surface area contributed by atoms with E-state index < -0.39 is 23.8 Å². The Bertz CT molecular complexity index is 1250. The third-order valence-electron chi connectivity index (χ3n) is 7.17. The van der Waals surface area contributed by atoms with Crippen molar-refractivity contribution in [1.29, 1.82) is 0 Å². The van der Waals surface area contributed by atoms with Crippen LogP contribution in [0, 0.1) is 5.92 Å². The minimum absolute atomic E-state index is 0.0126. The molecule has 1 aromatic carbocycles. The van der Waals surface area contributed by atoms with Crippen molar-refractivity contribution in [2.75, 3.05) is 44.3 Å². The number of hydrogen-bond donors (Lipinski definition) is 2. The number of fused-ring (bicyclic) bond motifs is 1. The first kappa shape index (κ1) is 25.4. The van der Waals surface area contributed by atoms with E-state index in [0.717, 1.165) is 23.2 Å². The van der Waals surface area contributed by atoms with Gasteiger partial charge < -0.3 is 25.0 Å². The average molecular weight is 519 g/mol. The summed E-state index contributed by atoms with van der Waals surface area (Å²) in [7, 11) is 0. The number of primary amides is 1. The Labute approximate surface area is 211 Å². The van der Waals surface area contributed by atoms with Crippen LogP contribution in [-0.2, 0) is 22.3 Å². The molecule has 3 atom stereocenters. The molecule has 9 nitrogen and oxygen atoms in total. The van der Waals surface area contributed by atoms with Gasteiger partial charge in [-0.1, -0.05) is 12.1 Å². The maximum absolute atomic E-state index is 13.1. The van der Waals surface area contributed by atoms with Gasteiger partial charge in [0, 0.05) is 31.7 Å². The Hall–Kier alpha value is -3.22. The molecule has 4 heterocycles. The zero-order chi connectivity index (χ0) is 26.2. The second-order valence-corrected chi connectivity index (χ2v) is 9.62. The van der Waals surface area contributed by atoms with Gasteiger partial charge in [0.25, 0.3) is 0 Å². The molecule has 37 heavy (non-hydrogen) atoms. The predicted octanol–water partition coefficient (Wildman–Crippen LogP) is 2.20. The molecule has 2 aromatic heterocycles. The van der Waals surface area contributed by atoms with Crippen molar-refractivity contribution in [2.24, 2.45) is 11.7 Å². The summed E-state index contributed by atoms with van der Waals surface area (Å²) in [6.07, 6.45) is -0.881. The van der Waals surface area contributed by atoms with Crippen LogP contribution >= 0.6 is 0 Å². The molecular weight excluding hydrogens is 489 g/mol. The summed E-state index contributed by atoms with van der Waals surface area (Å²) in [6.45, 7) is 3.07. The number of nitrogens with two attached hydrogens (primary N) is 1. The van der Waals surface area contributed by atoms with E-state index >= 15 is 0 Å². The number of hydrogen-bond acceptors (Lipinski definition) is 7. The molecule has 2 aliphatic heterocycles. The van der Waals surface area contributed by atoms with Gasteiger partial charge in [0.1, 0.15) is 17.8 Å². The molecule has 0 radical (unpaired) electrons. The van der Waals surface area contributed by atoms with E-state index in [0.29, 0.717) is 57.2 Å². The number of benzene rings is 1. The fraction of sp³-hybridized carbons (Fsp3) is 0.480. The number of piperidine rings is 1. The topological polar surface area (TPSA) is 110 Å². The highest BCUT2D eigenvalue weighted by Gasteiger charge is 2.33. The smallest absolute Gasteiger partial charge is 0.391 e. The van der Waals surface area contributed by atoms with Crippen LogP contribution in [0.1, 0.15) is 23.6 Å². The van der Waals surface area contributed by atoms with Crippen LogP contribution in [0.4, 0.5) is 19.0 Å². The molecule has 3 N–H and O–H groups in total. The summed E-state index contributed by atoms with van der Waals surface area (Å²) in [5.74, 6) is 0.263. The van der Waals surface area contributed by atoms with Gasteiger partial charge in [-0.25, -0.2) is 9.97 Å². The van der Waals surface area contributed by atoms with E-state index in [1.165, 1.54) is 18.5 Å². The molecule has 3 aromatic rings. The summed E-state index contributed by atoms with van der Waals surface area (Å²) in [5.41, 5.74) is 6.02. The molecular formula is C25H29F3N6O3. The van der Waals surface area contributed by atoms with Crippen molar-refractivity contribution in [1.82, 2.24) is 19.4 Å². The summed E-state index contributed by atoms with van der Waals surface area (Å²) >= 11 is 0. The standard InChI is InChI=1S/C25H29F3N6O3/c26-25(27,28)18-3-1-16(2-4-18)20-14-37-10-9-34(20)24-19-6-8-33(23(19)30-15-31-24)11-17-5-7-32(12-21(17)35)13-22(29)36/h1-4,6,8,15,17,20-21,35H,5,7,9-14H2,(H2,29,36)/t17?,20?,21-/m0/s1. The van der Waals surface area contributed by atoms with Gasteiger partial charge in [-0.05, 0) is 36.7 Å². The van der Waals surface area contributed by atoms with Crippen molar-refractivity contribution < 1.29 is 27.8 Å². The molecule has 0 bridgehead atoms. The van der Waals surface area contributed by atoms with E-state index in [4.69, 9.17) is 10.5 Å². The number of alkyl halides is 3. The van der Waals surface area contributed by atoms with Crippen molar-refractivity contribution >= 4 is 22.8 Å². The van der Waals surface area contributed by atoms with Crippen LogP contribution < -0.4 is 10.6 Å². The number of carbonyl (C=O) groups is 1. The van der Waals surface area contributed by atoms with Crippen molar-refractivity contribution in [3.05, 3.63) is 54.0 Å². The van der Waals surface area contributed by atoms with Crippen molar-refractivity contribution in [3.8, 4) is 0 Å².